The second-order valence-corrected chi connectivity index (χ2v) is 6.84. The summed E-state index contributed by atoms with van der Waals surface area (Å²) in [7, 11) is -0.693. The van der Waals surface area contributed by atoms with E-state index < -0.39 is 8.96 Å². The van der Waals surface area contributed by atoms with Crippen LogP contribution in [-0.4, -0.2) is 20.8 Å². The molecule has 0 aromatic heterocycles. The normalized spacial score (nSPS) is 15.5. The van der Waals surface area contributed by atoms with Gasteiger partial charge in [-0.15, -0.1) is 0 Å². The average molecular weight is 175 g/mol. The molecule has 0 amide bonds. The van der Waals surface area contributed by atoms with Crippen molar-refractivity contribution in [2.24, 2.45) is 0 Å². The van der Waals surface area contributed by atoms with Crippen molar-refractivity contribution in [3.8, 4) is 0 Å². The van der Waals surface area contributed by atoms with Crippen molar-refractivity contribution in [1.29, 1.82) is 0 Å². The van der Waals surface area contributed by atoms with Gasteiger partial charge in [0.25, 0.3) is 0 Å². The molecular weight excluding hydrogens is 154 g/mol. The molecule has 0 aliphatic carbocycles. The Morgan fingerprint density at radius 3 is 2.00 bits per heavy atom. The van der Waals surface area contributed by atoms with Gasteiger partial charge in [-0.1, -0.05) is 13.1 Å². The van der Waals surface area contributed by atoms with Crippen LogP contribution in [0.2, 0.25) is 13.1 Å². The minimum atomic E-state index is -0.693. The van der Waals surface area contributed by atoms with Crippen molar-refractivity contribution >= 4 is 8.96 Å². The van der Waals surface area contributed by atoms with Crippen LogP contribution < -0.4 is 4.98 Å². The highest BCUT2D eigenvalue weighted by Crippen LogP contribution is 2.08. The fraction of sp³-hybridized carbons (Fsp3) is 1.00. The Hall–Kier alpha value is 0.137. The molecule has 1 atom stereocenters. The highest BCUT2D eigenvalue weighted by atomic mass is 28.3. The Morgan fingerprint density at radius 2 is 1.73 bits per heavy atom. The quantitative estimate of drug-likeness (QED) is 0.521. The summed E-state index contributed by atoms with van der Waals surface area (Å²) in [5.74, 6) is 0. The zero-order valence-electron chi connectivity index (χ0n) is 8.56. The van der Waals surface area contributed by atoms with E-state index in [1.165, 1.54) is 0 Å². The maximum absolute atomic E-state index is 5.67. The Morgan fingerprint density at radius 1 is 1.27 bits per heavy atom. The maximum atomic E-state index is 5.67. The smallest absolute Gasteiger partial charge is 0.105 e. The van der Waals surface area contributed by atoms with Crippen LogP contribution in [0.4, 0.5) is 0 Å². The van der Waals surface area contributed by atoms with Gasteiger partial charge in [-0.05, 0) is 27.7 Å². The minimum Gasteiger partial charge on any atom is -0.359 e. The second kappa shape index (κ2) is 4.23. The zero-order chi connectivity index (χ0) is 9.07. The summed E-state index contributed by atoms with van der Waals surface area (Å²) < 4.78 is 5.67. The van der Waals surface area contributed by atoms with Crippen LogP contribution in [-0.2, 0) is 4.74 Å². The zero-order valence-corrected chi connectivity index (χ0v) is 9.72. The molecule has 1 N–H and O–H groups in total. The third kappa shape index (κ3) is 8.04. The van der Waals surface area contributed by atoms with Gasteiger partial charge in [-0.3, -0.25) is 0 Å². The average Bonchev–Trinajstić information content (AvgIpc) is 1.53. The number of nitrogens with one attached hydrogen (secondary N) is 1. The Bertz CT molecular complexity index is 109. The van der Waals surface area contributed by atoms with Crippen molar-refractivity contribution in [2.75, 3.05) is 0 Å². The molecular formula is C8H21NOSi. The summed E-state index contributed by atoms with van der Waals surface area (Å²) in [4.78, 5) is 3.42. The third-order valence-corrected chi connectivity index (χ3v) is 2.23. The molecule has 3 heteroatoms. The SMILES string of the molecule is CC(N[SiH](C)C)OC(C)(C)C. The standard InChI is InChI=1S/C8H21NOSi/c1-7(9-11(5)6)10-8(2,3)4/h7,9,11H,1-6H3. The molecule has 0 bridgehead atoms. The van der Waals surface area contributed by atoms with Gasteiger partial charge >= 0.3 is 0 Å². The fourth-order valence-electron chi connectivity index (χ4n) is 1.03. The van der Waals surface area contributed by atoms with Gasteiger partial charge in [0.2, 0.25) is 0 Å². The summed E-state index contributed by atoms with van der Waals surface area (Å²) in [5.41, 5.74) is -0.0320. The first-order valence-electron chi connectivity index (χ1n) is 4.25. The highest BCUT2D eigenvalue weighted by molar-refractivity contribution is 6.52. The lowest BCUT2D eigenvalue weighted by Gasteiger charge is -2.26. The molecule has 0 aromatic rings. The summed E-state index contributed by atoms with van der Waals surface area (Å²) in [5, 5.41) is 0. The lowest BCUT2D eigenvalue weighted by molar-refractivity contribution is -0.0563. The molecule has 2 nitrogen and oxygen atoms in total. The minimum absolute atomic E-state index is 0.0320. The van der Waals surface area contributed by atoms with E-state index in [-0.39, 0.29) is 11.8 Å². The van der Waals surface area contributed by atoms with Crippen LogP contribution in [0.1, 0.15) is 27.7 Å². The molecule has 0 saturated carbocycles. The maximum Gasteiger partial charge on any atom is 0.105 e. The molecule has 0 aliphatic rings. The van der Waals surface area contributed by atoms with Crippen LogP contribution in [0.3, 0.4) is 0 Å². The van der Waals surface area contributed by atoms with Gasteiger partial charge in [-0.2, -0.15) is 0 Å². The largest absolute Gasteiger partial charge is 0.359 e. The van der Waals surface area contributed by atoms with Crippen molar-refractivity contribution in [3.63, 3.8) is 0 Å². The molecule has 11 heavy (non-hydrogen) atoms. The van der Waals surface area contributed by atoms with E-state index in [2.05, 4.69) is 45.8 Å². The number of hydrogen-bond donors (Lipinski definition) is 1. The molecule has 0 aromatic carbocycles. The van der Waals surface area contributed by atoms with E-state index in [9.17, 15) is 0 Å². The second-order valence-electron chi connectivity index (χ2n) is 4.19. The third-order valence-electron chi connectivity index (χ3n) is 1.10. The number of ether oxygens (including phenoxy) is 1. The first-order chi connectivity index (χ1) is 4.81. The lowest BCUT2D eigenvalue weighted by atomic mass is 10.2. The fourth-order valence-corrected chi connectivity index (χ4v) is 2.04. The predicted molar refractivity (Wildman–Crippen MR) is 52.3 cm³/mol. The first-order valence-corrected chi connectivity index (χ1v) is 7.14. The summed E-state index contributed by atoms with van der Waals surface area (Å²) in [6, 6.07) is 0. The van der Waals surface area contributed by atoms with E-state index in [0.29, 0.717) is 0 Å². The molecule has 0 heterocycles. The van der Waals surface area contributed by atoms with Crippen LogP contribution in [0.25, 0.3) is 0 Å². The van der Waals surface area contributed by atoms with Crippen LogP contribution in [0.15, 0.2) is 0 Å². The van der Waals surface area contributed by atoms with E-state index >= 15 is 0 Å². The van der Waals surface area contributed by atoms with Crippen LogP contribution in [0, 0.1) is 0 Å². The van der Waals surface area contributed by atoms with E-state index in [1.807, 2.05) is 0 Å². The Labute approximate surface area is 72.0 Å². The van der Waals surface area contributed by atoms with Crippen LogP contribution >= 0.6 is 0 Å². The number of hydrogen-bond acceptors (Lipinski definition) is 2. The van der Waals surface area contributed by atoms with E-state index in [4.69, 9.17) is 4.74 Å². The van der Waals surface area contributed by atoms with E-state index in [1.54, 1.807) is 0 Å². The van der Waals surface area contributed by atoms with Gasteiger partial charge in [0.05, 0.1) is 11.8 Å². The predicted octanol–water partition coefficient (Wildman–Crippen LogP) is 1.72. The highest BCUT2D eigenvalue weighted by Gasteiger charge is 2.14. The van der Waals surface area contributed by atoms with Gasteiger partial charge in [0, 0.05) is 0 Å². The van der Waals surface area contributed by atoms with Crippen molar-refractivity contribution in [1.82, 2.24) is 4.98 Å². The molecule has 68 valence electrons. The van der Waals surface area contributed by atoms with Crippen molar-refractivity contribution in [2.45, 2.75) is 52.6 Å². The molecule has 0 aliphatic heterocycles. The van der Waals surface area contributed by atoms with Crippen LogP contribution in [0.5, 0.6) is 0 Å². The lowest BCUT2D eigenvalue weighted by Crippen LogP contribution is -2.41. The molecule has 1 unspecified atom stereocenters. The number of rotatable bonds is 3. The van der Waals surface area contributed by atoms with Gasteiger partial charge in [0.1, 0.15) is 8.96 Å². The summed E-state index contributed by atoms with van der Waals surface area (Å²) >= 11 is 0. The molecule has 0 fully saturated rings. The molecule has 0 radical (unpaired) electrons. The van der Waals surface area contributed by atoms with Crippen molar-refractivity contribution in [3.05, 3.63) is 0 Å². The molecule has 0 rings (SSSR count). The van der Waals surface area contributed by atoms with Gasteiger partial charge in [0.15, 0.2) is 0 Å². The Kier molecular flexibility index (Phi) is 4.29. The van der Waals surface area contributed by atoms with Gasteiger partial charge in [-0.25, -0.2) is 0 Å². The topological polar surface area (TPSA) is 21.3 Å². The van der Waals surface area contributed by atoms with E-state index in [0.717, 1.165) is 0 Å². The summed E-state index contributed by atoms with van der Waals surface area (Å²) in [6.45, 7) is 12.8. The van der Waals surface area contributed by atoms with Crippen molar-refractivity contribution < 1.29 is 4.74 Å². The molecule has 0 spiro atoms. The summed E-state index contributed by atoms with van der Waals surface area (Å²) in [6.07, 6.45) is 0.196. The Balaban J connectivity index is 3.61. The van der Waals surface area contributed by atoms with Gasteiger partial charge < -0.3 is 9.72 Å². The molecule has 0 saturated heterocycles. The monoisotopic (exact) mass is 175 g/mol. The first kappa shape index (κ1) is 11.1.